The number of thiocarbonyl (C=S) groups is 1. The lowest BCUT2D eigenvalue weighted by Gasteiger charge is -2.30. The van der Waals surface area contributed by atoms with Crippen molar-refractivity contribution in [1.29, 1.82) is 0 Å². The van der Waals surface area contributed by atoms with Crippen molar-refractivity contribution in [1.82, 2.24) is 5.32 Å². The van der Waals surface area contributed by atoms with E-state index in [1.807, 2.05) is 0 Å². The zero-order valence-electron chi connectivity index (χ0n) is 17.9. The maximum absolute atomic E-state index is 12.4. The largest absolute Gasteiger partial charge is 0.573 e. The van der Waals surface area contributed by atoms with E-state index in [0.717, 1.165) is 12.8 Å². The molecular weight excluding hydrogens is 486 g/mol. The Kier molecular flexibility index (Phi) is 8.01. The first-order valence-electron chi connectivity index (χ1n) is 10.3. The van der Waals surface area contributed by atoms with Crippen LogP contribution in [0.3, 0.4) is 0 Å². The van der Waals surface area contributed by atoms with Crippen LogP contribution in [0.5, 0.6) is 17.2 Å². The summed E-state index contributed by atoms with van der Waals surface area (Å²) in [5.74, 6) is -0.169. The summed E-state index contributed by atoms with van der Waals surface area (Å²) in [7, 11) is 0. The van der Waals surface area contributed by atoms with Crippen molar-refractivity contribution in [2.75, 3.05) is 5.32 Å². The summed E-state index contributed by atoms with van der Waals surface area (Å²) < 4.78 is 87.9. The van der Waals surface area contributed by atoms with Crippen LogP contribution >= 0.6 is 12.2 Å². The molecule has 0 unspecified atom stereocenters. The van der Waals surface area contributed by atoms with Gasteiger partial charge in [0.1, 0.15) is 17.2 Å². The molecule has 0 atom stereocenters. The average Bonchev–Trinajstić information content (AvgIpc) is 2.69. The second-order valence-corrected chi connectivity index (χ2v) is 8.15. The van der Waals surface area contributed by atoms with Gasteiger partial charge < -0.3 is 24.8 Å². The standard InChI is InChI=1S/C22H22F6N2O3S/c1-13-11-18(33-22(26,27)28)9-10-19(13)31-16-7-5-14(6-8-16)29-20(34)30-15-3-2-4-17(12-15)32-21(23,24)25/h2-4,9-12,14,16H,5-8H2,1H3,(H2,29,30,34). The van der Waals surface area contributed by atoms with Crippen molar-refractivity contribution in [3.05, 3.63) is 48.0 Å². The fourth-order valence-electron chi connectivity index (χ4n) is 3.58. The molecule has 0 spiro atoms. The minimum atomic E-state index is -4.78. The van der Waals surface area contributed by atoms with E-state index in [1.165, 1.54) is 36.4 Å². The van der Waals surface area contributed by atoms with E-state index < -0.39 is 12.7 Å². The summed E-state index contributed by atoms with van der Waals surface area (Å²) in [6, 6.07) is 9.34. The SMILES string of the molecule is Cc1cc(OC(F)(F)F)ccc1OC1CCC(NC(=S)Nc2cccc(OC(F)(F)F)c2)CC1. The number of hydrogen-bond acceptors (Lipinski definition) is 4. The quantitative estimate of drug-likeness (QED) is 0.345. The van der Waals surface area contributed by atoms with Crippen molar-refractivity contribution < 1.29 is 40.6 Å². The van der Waals surface area contributed by atoms with Crippen molar-refractivity contribution >= 4 is 23.0 Å². The molecule has 0 saturated heterocycles. The van der Waals surface area contributed by atoms with Crippen LogP contribution < -0.4 is 24.8 Å². The van der Waals surface area contributed by atoms with Gasteiger partial charge in [0.2, 0.25) is 0 Å². The van der Waals surface area contributed by atoms with E-state index >= 15 is 0 Å². The smallest absolute Gasteiger partial charge is 0.490 e. The highest BCUT2D eigenvalue weighted by atomic mass is 32.1. The lowest BCUT2D eigenvalue weighted by atomic mass is 9.93. The van der Waals surface area contributed by atoms with Gasteiger partial charge in [-0.2, -0.15) is 0 Å². The Hall–Kier alpha value is -2.89. The third kappa shape index (κ3) is 8.47. The summed E-state index contributed by atoms with van der Waals surface area (Å²) in [6.45, 7) is 1.64. The van der Waals surface area contributed by atoms with E-state index in [1.54, 1.807) is 13.0 Å². The monoisotopic (exact) mass is 508 g/mol. The molecule has 0 aromatic heterocycles. The van der Waals surface area contributed by atoms with Gasteiger partial charge in [0.15, 0.2) is 5.11 Å². The van der Waals surface area contributed by atoms with Gasteiger partial charge in [0.05, 0.1) is 6.10 Å². The number of aryl methyl sites for hydroxylation is 1. The number of nitrogens with one attached hydrogen (secondary N) is 2. The van der Waals surface area contributed by atoms with Crippen LogP contribution in [0.2, 0.25) is 0 Å². The fourth-order valence-corrected chi connectivity index (χ4v) is 3.86. The van der Waals surface area contributed by atoms with Crippen LogP contribution in [0, 0.1) is 6.92 Å². The van der Waals surface area contributed by atoms with E-state index in [0.29, 0.717) is 29.8 Å². The Morgan fingerprint density at radius 3 is 2.09 bits per heavy atom. The second kappa shape index (κ2) is 10.6. The van der Waals surface area contributed by atoms with Crippen LogP contribution in [0.1, 0.15) is 31.2 Å². The normalized spacial score (nSPS) is 18.7. The fraction of sp³-hybridized carbons (Fsp3) is 0.409. The molecule has 1 fully saturated rings. The van der Waals surface area contributed by atoms with Crippen LogP contribution in [-0.2, 0) is 0 Å². The molecule has 5 nitrogen and oxygen atoms in total. The Balaban J connectivity index is 1.45. The van der Waals surface area contributed by atoms with Crippen LogP contribution in [-0.4, -0.2) is 30.0 Å². The maximum atomic E-state index is 12.4. The molecule has 2 aromatic carbocycles. The van der Waals surface area contributed by atoms with Crippen molar-refractivity contribution in [2.24, 2.45) is 0 Å². The minimum absolute atomic E-state index is 0.0399. The molecule has 0 heterocycles. The molecular formula is C22H22F6N2O3S. The molecule has 1 aliphatic rings. The average molecular weight is 508 g/mol. The molecule has 1 aliphatic carbocycles. The van der Waals surface area contributed by atoms with E-state index in [-0.39, 0.29) is 28.8 Å². The highest BCUT2D eigenvalue weighted by Gasteiger charge is 2.32. The van der Waals surface area contributed by atoms with Crippen molar-refractivity contribution in [3.8, 4) is 17.2 Å². The van der Waals surface area contributed by atoms with E-state index in [4.69, 9.17) is 17.0 Å². The number of ether oxygens (including phenoxy) is 3. The maximum Gasteiger partial charge on any atom is 0.573 e. The topological polar surface area (TPSA) is 51.8 Å². The molecule has 0 aliphatic heterocycles. The zero-order valence-corrected chi connectivity index (χ0v) is 18.7. The molecule has 2 N–H and O–H groups in total. The lowest BCUT2D eigenvalue weighted by Crippen LogP contribution is -2.41. The number of anilines is 1. The minimum Gasteiger partial charge on any atom is -0.490 e. The predicted octanol–water partition coefficient (Wildman–Crippen LogP) is 6.47. The Morgan fingerprint density at radius 1 is 0.882 bits per heavy atom. The van der Waals surface area contributed by atoms with Gasteiger partial charge in [-0.3, -0.25) is 0 Å². The predicted molar refractivity (Wildman–Crippen MR) is 117 cm³/mol. The van der Waals surface area contributed by atoms with Crippen molar-refractivity contribution in [2.45, 2.75) is 57.5 Å². The molecule has 34 heavy (non-hydrogen) atoms. The first-order valence-corrected chi connectivity index (χ1v) is 10.7. The van der Waals surface area contributed by atoms with Gasteiger partial charge >= 0.3 is 12.7 Å². The van der Waals surface area contributed by atoms with Gasteiger partial charge in [0, 0.05) is 17.8 Å². The molecule has 0 radical (unpaired) electrons. The summed E-state index contributed by atoms with van der Waals surface area (Å²) in [5.41, 5.74) is 0.883. The summed E-state index contributed by atoms with van der Waals surface area (Å²) in [5, 5.41) is 6.25. The van der Waals surface area contributed by atoms with E-state index in [9.17, 15) is 26.3 Å². The summed E-state index contributed by atoms with van der Waals surface area (Å²) >= 11 is 5.26. The highest BCUT2D eigenvalue weighted by molar-refractivity contribution is 7.80. The molecule has 0 amide bonds. The van der Waals surface area contributed by atoms with Gasteiger partial charge in [-0.05, 0) is 80.7 Å². The zero-order chi connectivity index (χ0) is 24.9. The van der Waals surface area contributed by atoms with Crippen molar-refractivity contribution in [3.63, 3.8) is 0 Å². The summed E-state index contributed by atoms with van der Waals surface area (Å²) in [4.78, 5) is 0. The van der Waals surface area contributed by atoms with Gasteiger partial charge in [0.25, 0.3) is 0 Å². The Bertz CT molecular complexity index is 991. The molecule has 1 saturated carbocycles. The van der Waals surface area contributed by atoms with E-state index in [2.05, 4.69) is 20.1 Å². The van der Waals surface area contributed by atoms with Gasteiger partial charge in [-0.1, -0.05) is 6.07 Å². The van der Waals surface area contributed by atoms with Crippen LogP contribution in [0.4, 0.5) is 32.0 Å². The number of halogens is 6. The molecule has 186 valence electrons. The first-order chi connectivity index (χ1) is 15.9. The highest BCUT2D eigenvalue weighted by Crippen LogP contribution is 2.31. The number of hydrogen-bond donors (Lipinski definition) is 2. The molecule has 3 rings (SSSR count). The van der Waals surface area contributed by atoms with Gasteiger partial charge in [-0.25, -0.2) is 0 Å². The third-order valence-electron chi connectivity index (χ3n) is 5.01. The molecule has 0 bridgehead atoms. The number of benzene rings is 2. The number of alkyl halides is 6. The second-order valence-electron chi connectivity index (χ2n) is 7.74. The third-order valence-corrected chi connectivity index (χ3v) is 5.23. The van der Waals surface area contributed by atoms with Crippen LogP contribution in [0.25, 0.3) is 0 Å². The molecule has 2 aromatic rings. The Morgan fingerprint density at radius 2 is 1.50 bits per heavy atom. The van der Waals surface area contributed by atoms with Gasteiger partial charge in [-0.15, -0.1) is 26.3 Å². The summed E-state index contributed by atoms with van der Waals surface area (Å²) in [6.07, 6.45) is -6.82. The van der Waals surface area contributed by atoms with Crippen LogP contribution in [0.15, 0.2) is 42.5 Å². The lowest BCUT2D eigenvalue weighted by molar-refractivity contribution is -0.275. The Labute approximate surface area is 197 Å². The first kappa shape index (κ1) is 25.7. The molecule has 12 heteroatoms. The number of rotatable bonds is 6.